The second-order valence-corrected chi connectivity index (χ2v) is 5.92. The lowest BCUT2D eigenvalue weighted by molar-refractivity contribution is -0.123. The number of aryl methyl sites for hydroxylation is 1. The lowest BCUT2D eigenvalue weighted by Crippen LogP contribution is -2.41. The minimum Gasteiger partial charge on any atom is -0.399 e. The Morgan fingerprint density at radius 2 is 2.14 bits per heavy atom. The van der Waals surface area contributed by atoms with Crippen molar-refractivity contribution in [3.8, 4) is 0 Å². The SMILES string of the molecule is CC(C)CNC(=O)CN1C(=O)CCCc2cc(N)ccc21. The summed E-state index contributed by atoms with van der Waals surface area (Å²) in [7, 11) is 0. The van der Waals surface area contributed by atoms with Crippen LogP contribution in [0.2, 0.25) is 0 Å². The van der Waals surface area contributed by atoms with Gasteiger partial charge in [0.1, 0.15) is 6.54 Å². The smallest absolute Gasteiger partial charge is 0.240 e. The van der Waals surface area contributed by atoms with Crippen molar-refractivity contribution >= 4 is 23.2 Å². The molecule has 0 saturated heterocycles. The van der Waals surface area contributed by atoms with Crippen LogP contribution in [0, 0.1) is 5.92 Å². The summed E-state index contributed by atoms with van der Waals surface area (Å²) in [6.45, 7) is 4.77. The molecule has 0 bridgehead atoms. The number of anilines is 2. The molecule has 2 amide bonds. The Morgan fingerprint density at radius 3 is 2.86 bits per heavy atom. The first-order chi connectivity index (χ1) is 9.97. The molecule has 0 saturated carbocycles. The van der Waals surface area contributed by atoms with E-state index in [9.17, 15) is 9.59 Å². The van der Waals surface area contributed by atoms with Crippen molar-refractivity contribution in [2.45, 2.75) is 33.1 Å². The number of nitrogens with one attached hydrogen (secondary N) is 1. The molecule has 0 aliphatic carbocycles. The molecule has 1 aliphatic rings. The molecule has 1 aromatic carbocycles. The number of rotatable bonds is 4. The van der Waals surface area contributed by atoms with E-state index in [0.29, 0.717) is 24.6 Å². The molecule has 0 atom stereocenters. The van der Waals surface area contributed by atoms with Gasteiger partial charge in [-0.3, -0.25) is 9.59 Å². The van der Waals surface area contributed by atoms with Gasteiger partial charge in [0.2, 0.25) is 11.8 Å². The Labute approximate surface area is 125 Å². The van der Waals surface area contributed by atoms with Crippen molar-refractivity contribution in [2.75, 3.05) is 23.7 Å². The van der Waals surface area contributed by atoms with Crippen LogP contribution in [0.25, 0.3) is 0 Å². The fraction of sp³-hybridized carbons (Fsp3) is 0.500. The highest BCUT2D eigenvalue weighted by Gasteiger charge is 2.24. The molecule has 1 heterocycles. The average molecular weight is 289 g/mol. The van der Waals surface area contributed by atoms with Crippen molar-refractivity contribution in [3.63, 3.8) is 0 Å². The van der Waals surface area contributed by atoms with Gasteiger partial charge in [0.05, 0.1) is 0 Å². The zero-order chi connectivity index (χ0) is 15.4. The van der Waals surface area contributed by atoms with E-state index in [1.165, 1.54) is 0 Å². The van der Waals surface area contributed by atoms with Crippen LogP contribution in [0.15, 0.2) is 18.2 Å². The largest absolute Gasteiger partial charge is 0.399 e. The Bertz CT molecular complexity index is 540. The number of carbonyl (C=O) groups excluding carboxylic acids is 2. The zero-order valence-corrected chi connectivity index (χ0v) is 12.7. The van der Waals surface area contributed by atoms with E-state index in [-0.39, 0.29) is 18.4 Å². The molecule has 5 heteroatoms. The fourth-order valence-corrected chi connectivity index (χ4v) is 2.46. The minimum absolute atomic E-state index is 0.00165. The van der Waals surface area contributed by atoms with Crippen molar-refractivity contribution in [3.05, 3.63) is 23.8 Å². The summed E-state index contributed by atoms with van der Waals surface area (Å²) < 4.78 is 0. The Hall–Kier alpha value is -2.04. The van der Waals surface area contributed by atoms with Gasteiger partial charge in [-0.15, -0.1) is 0 Å². The van der Waals surface area contributed by atoms with Gasteiger partial charge in [0, 0.05) is 24.3 Å². The Balaban J connectivity index is 2.17. The zero-order valence-electron chi connectivity index (χ0n) is 12.7. The fourth-order valence-electron chi connectivity index (χ4n) is 2.46. The number of amides is 2. The maximum Gasteiger partial charge on any atom is 0.240 e. The molecule has 5 nitrogen and oxygen atoms in total. The highest BCUT2D eigenvalue weighted by atomic mass is 16.2. The van der Waals surface area contributed by atoms with Gasteiger partial charge in [-0.1, -0.05) is 13.8 Å². The van der Waals surface area contributed by atoms with Crippen LogP contribution >= 0.6 is 0 Å². The van der Waals surface area contributed by atoms with E-state index in [1.54, 1.807) is 11.0 Å². The van der Waals surface area contributed by atoms with E-state index in [2.05, 4.69) is 5.32 Å². The van der Waals surface area contributed by atoms with Crippen molar-refractivity contribution in [1.29, 1.82) is 0 Å². The molecule has 1 aliphatic heterocycles. The molecule has 0 radical (unpaired) electrons. The van der Waals surface area contributed by atoms with Crippen LogP contribution in [0.4, 0.5) is 11.4 Å². The number of nitrogens with two attached hydrogens (primary N) is 1. The van der Waals surface area contributed by atoms with E-state index in [0.717, 1.165) is 24.1 Å². The monoisotopic (exact) mass is 289 g/mol. The first kappa shape index (κ1) is 15.4. The minimum atomic E-state index is -0.123. The molecular formula is C16H23N3O2. The predicted molar refractivity (Wildman–Crippen MR) is 84.0 cm³/mol. The second kappa shape index (κ2) is 6.61. The van der Waals surface area contributed by atoms with Gasteiger partial charge in [-0.2, -0.15) is 0 Å². The normalized spacial score (nSPS) is 14.8. The number of hydrogen-bond donors (Lipinski definition) is 2. The lowest BCUT2D eigenvalue weighted by Gasteiger charge is -2.23. The Kier molecular flexibility index (Phi) is 4.83. The molecule has 21 heavy (non-hydrogen) atoms. The summed E-state index contributed by atoms with van der Waals surface area (Å²) >= 11 is 0. The van der Waals surface area contributed by atoms with Gasteiger partial charge >= 0.3 is 0 Å². The summed E-state index contributed by atoms with van der Waals surface area (Å²) in [4.78, 5) is 25.9. The summed E-state index contributed by atoms with van der Waals surface area (Å²) in [5.74, 6) is 0.265. The van der Waals surface area contributed by atoms with Crippen LogP contribution in [-0.2, 0) is 16.0 Å². The molecule has 3 N–H and O–H groups in total. The summed E-state index contributed by atoms with van der Waals surface area (Å²) in [5, 5.41) is 2.86. The number of hydrogen-bond acceptors (Lipinski definition) is 3. The molecule has 0 unspecified atom stereocenters. The first-order valence-electron chi connectivity index (χ1n) is 7.43. The third kappa shape index (κ3) is 3.97. The Morgan fingerprint density at radius 1 is 1.38 bits per heavy atom. The van der Waals surface area contributed by atoms with Gasteiger partial charge in [-0.05, 0) is 42.5 Å². The first-order valence-corrected chi connectivity index (χ1v) is 7.43. The van der Waals surface area contributed by atoms with Gasteiger partial charge in [-0.25, -0.2) is 0 Å². The van der Waals surface area contributed by atoms with E-state index in [4.69, 9.17) is 5.73 Å². The summed E-state index contributed by atoms with van der Waals surface area (Å²) in [6.07, 6.45) is 2.07. The van der Waals surface area contributed by atoms with E-state index < -0.39 is 0 Å². The molecule has 0 spiro atoms. The number of fused-ring (bicyclic) bond motifs is 1. The maximum absolute atomic E-state index is 12.3. The topological polar surface area (TPSA) is 75.4 Å². The molecule has 114 valence electrons. The van der Waals surface area contributed by atoms with Crippen molar-refractivity contribution in [1.82, 2.24) is 5.32 Å². The highest BCUT2D eigenvalue weighted by molar-refractivity contribution is 6.00. The predicted octanol–water partition coefficient (Wildman–Crippen LogP) is 1.71. The summed E-state index contributed by atoms with van der Waals surface area (Å²) in [6, 6.07) is 5.51. The van der Waals surface area contributed by atoms with Crippen LogP contribution in [0.3, 0.4) is 0 Å². The summed E-state index contributed by atoms with van der Waals surface area (Å²) in [5.41, 5.74) is 8.35. The van der Waals surface area contributed by atoms with Crippen molar-refractivity contribution in [2.24, 2.45) is 5.92 Å². The number of nitrogen functional groups attached to an aromatic ring is 1. The standard InChI is InChI=1S/C16H23N3O2/c1-11(2)9-18-15(20)10-19-14-7-6-13(17)8-12(14)4-3-5-16(19)21/h6-8,11H,3-5,9-10,17H2,1-2H3,(H,18,20). The van der Waals surface area contributed by atoms with Crippen LogP contribution in [0.5, 0.6) is 0 Å². The van der Waals surface area contributed by atoms with E-state index >= 15 is 0 Å². The van der Waals surface area contributed by atoms with Gasteiger partial charge in [0.25, 0.3) is 0 Å². The number of benzene rings is 1. The third-order valence-corrected chi connectivity index (χ3v) is 3.54. The number of carbonyl (C=O) groups is 2. The maximum atomic E-state index is 12.3. The molecule has 0 fully saturated rings. The average Bonchev–Trinajstić information content (AvgIpc) is 2.56. The van der Waals surface area contributed by atoms with Crippen molar-refractivity contribution < 1.29 is 9.59 Å². The molecule has 1 aromatic rings. The van der Waals surface area contributed by atoms with Crippen LogP contribution in [-0.4, -0.2) is 24.9 Å². The highest BCUT2D eigenvalue weighted by Crippen LogP contribution is 2.28. The quantitative estimate of drug-likeness (QED) is 0.829. The van der Waals surface area contributed by atoms with Gasteiger partial charge in [0.15, 0.2) is 0 Å². The molecule has 0 aromatic heterocycles. The van der Waals surface area contributed by atoms with E-state index in [1.807, 2.05) is 26.0 Å². The van der Waals surface area contributed by atoms with Crippen LogP contribution in [0.1, 0.15) is 32.3 Å². The molecular weight excluding hydrogens is 266 g/mol. The molecule has 2 rings (SSSR count). The third-order valence-electron chi connectivity index (χ3n) is 3.54. The lowest BCUT2D eigenvalue weighted by atomic mass is 10.1. The second-order valence-electron chi connectivity index (χ2n) is 5.92. The van der Waals surface area contributed by atoms with Gasteiger partial charge < -0.3 is 16.0 Å². The van der Waals surface area contributed by atoms with Crippen LogP contribution < -0.4 is 16.0 Å². The number of nitrogens with zero attached hydrogens (tertiary/aromatic N) is 1.